The molecule has 1 amide bonds. The maximum atomic E-state index is 13.7. The number of hydrogen-bond acceptors (Lipinski definition) is 7. The summed E-state index contributed by atoms with van der Waals surface area (Å²) in [6.45, 7) is 1.91. The lowest BCUT2D eigenvalue weighted by Crippen LogP contribution is -2.28. The predicted molar refractivity (Wildman–Crippen MR) is 174 cm³/mol. The monoisotopic (exact) mass is 592 g/mol. The van der Waals surface area contributed by atoms with E-state index in [0.717, 1.165) is 28.3 Å². The molecule has 3 heterocycles. The Balaban J connectivity index is 1.37. The van der Waals surface area contributed by atoms with Crippen LogP contribution in [0.15, 0.2) is 105 Å². The number of hydrogen-bond donors (Lipinski definition) is 0. The molecule has 8 nitrogen and oxygen atoms in total. The van der Waals surface area contributed by atoms with Gasteiger partial charge in [-0.2, -0.15) is 4.99 Å². The molecule has 0 spiro atoms. The minimum atomic E-state index is -0.150. The summed E-state index contributed by atoms with van der Waals surface area (Å²) in [7, 11) is 5.85. The largest absolute Gasteiger partial charge is 0.378 e. The van der Waals surface area contributed by atoms with Crippen molar-refractivity contribution in [3.8, 4) is 16.9 Å². The van der Waals surface area contributed by atoms with Crippen LogP contribution in [0.4, 0.5) is 16.5 Å². The van der Waals surface area contributed by atoms with Gasteiger partial charge in [-0.1, -0.05) is 48.5 Å². The van der Waals surface area contributed by atoms with Crippen LogP contribution in [-0.2, 0) is 11.8 Å². The Morgan fingerprint density at radius 2 is 1.52 bits per heavy atom. The Labute approximate surface area is 251 Å². The number of carbonyl (C=O) groups excluding carboxylic acids is 1. The second kappa shape index (κ2) is 11.3. The molecule has 0 radical (unpaired) electrons. The molecule has 0 N–H and O–H groups in total. The lowest BCUT2D eigenvalue weighted by atomic mass is 10.2. The normalized spacial score (nSPS) is 15.2. The third-order valence-corrected chi connectivity index (χ3v) is 8.73. The van der Waals surface area contributed by atoms with Crippen LogP contribution in [0, 0.1) is 6.92 Å². The number of thiazole rings is 1. The van der Waals surface area contributed by atoms with Gasteiger partial charge in [0, 0.05) is 37.9 Å². The van der Waals surface area contributed by atoms with Gasteiger partial charge in [0.15, 0.2) is 5.17 Å². The summed E-state index contributed by atoms with van der Waals surface area (Å²) in [5.41, 5.74) is 5.26. The van der Waals surface area contributed by atoms with Crippen LogP contribution >= 0.6 is 23.1 Å². The first-order valence-corrected chi connectivity index (χ1v) is 15.0. The van der Waals surface area contributed by atoms with Gasteiger partial charge < -0.3 is 4.90 Å². The second-order valence-electron chi connectivity index (χ2n) is 9.92. The van der Waals surface area contributed by atoms with Crippen LogP contribution in [-0.4, -0.2) is 39.5 Å². The Hall–Kier alpha value is -4.67. The lowest BCUT2D eigenvalue weighted by molar-refractivity contribution is -0.113. The van der Waals surface area contributed by atoms with Crippen molar-refractivity contribution in [1.29, 1.82) is 0 Å². The van der Waals surface area contributed by atoms with Crippen LogP contribution in [0.3, 0.4) is 0 Å². The number of amides is 1. The van der Waals surface area contributed by atoms with Gasteiger partial charge in [-0.3, -0.25) is 19.2 Å². The molecule has 0 unspecified atom stereocenters. The fourth-order valence-electron chi connectivity index (χ4n) is 4.75. The van der Waals surface area contributed by atoms with Crippen LogP contribution in [0.1, 0.15) is 11.3 Å². The fourth-order valence-corrected chi connectivity index (χ4v) is 6.47. The maximum absolute atomic E-state index is 13.7. The third kappa shape index (κ3) is 5.10. The molecular weight excluding hydrogens is 565 g/mol. The molecule has 2 aromatic heterocycles. The van der Waals surface area contributed by atoms with Crippen molar-refractivity contribution in [2.75, 3.05) is 23.9 Å². The van der Waals surface area contributed by atoms with Gasteiger partial charge in [-0.15, -0.1) is 11.3 Å². The zero-order chi connectivity index (χ0) is 29.4. The molecule has 0 atom stereocenters. The quantitative estimate of drug-likeness (QED) is 0.211. The van der Waals surface area contributed by atoms with E-state index >= 15 is 0 Å². The smallest absolute Gasteiger partial charge is 0.281 e. The van der Waals surface area contributed by atoms with Gasteiger partial charge in [0.25, 0.3) is 11.5 Å². The van der Waals surface area contributed by atoms with Gasteiger partial charge in [0.2, 0.25) is 5.13 Å². The average Bonchev–Trinajstić information content (AvgIpc) is 3.64. The maximum Gasteiger partial charge on any atom is 0.281 e. The van der Waals surface area contributed by atoms with Gasteiger partial charge in [0.05, 0.1) is 27.5 Å². The molecule has 0 saturated carbocycles. The van der Waals surface area contributed by atoms with Gasteiger partial charge in [-0.05, 0) is 66.7 Å². The molecule has 0 bridgehead atoms. The number of para-hydroxylation sites is 2. The van der Waals surface area contributed by atoms with Crippen LogP contribution < -0.4 is 15.4 Å². The number of nitrogens with zero attached hydrogens (tertiary/aromatic N) is 6. The number of anilines is 2. The molecule has 1 fully saturated rings. The number of amidine groups is 1. The molecule has 10 heteroatoms. The van der Waals surface area contributed by atoms with Crippen molar-refractivity contribution in [1.82, 2.24) is 14.3 Å². The number of aromatic nitrogens is 3. The summed E-state index contributed by atoms with van der Waals surface area (Å²) in [6, 6.07) is 27.0. The number of benzene rings is 3. The molecule has 1 saturated heterocycles. The van der Waals surface area contributed by atoms with Crippen molar-refractivity contribution in [3.63, 3.8) is 0 Å². The first-order valence-electron chi connectivity index (χ1n) is 13.3. The van der Waals surface area contributed by atoms with Gasteiger partial charge in [0.1, 0.15) is 0 Å². The number of aliphatic imine (C=N–C) groups is 1. The first-order chi connectivity index (χ1) is 20.3. The molecule has 6 rings (SSSR count). The SMILES string of the molecule is Cc1c(-c2csc(/N=C3\S/C(=C\c4ccc(N(C)C)cc4)C(=O)N3c3ccccc3)n2)c(=O)n(-c2ccccc2)n1C. The number of rotatable bonds is 6. The highest BCUT2D eigenvalue weighted by atomic mass is 32.2. The van der Waals surface area contributed by atoms with E-state index in [-0.39, 0.29) is 11.5 Å². The predicted octanol–water partition coefficient (Wildman–Crippen LogP) is 6.48. The molecule has 3 aromatic carbocycles. The molecule has 0 aliphatic carbocycles. The van der Waals surface area contributed by atoms with Crippen molar-refractivity contribution in [2.24, 2.45) is 12.0 Å². The summed E-state index contributed by atoms with van der Waals surface area (Å²) < 4.78 is 3.48. The van der Waals surface area contributed by atoms with E-state index in [4.69, 9.17) is 9.98 Å². The third-order valence-electron chi connectivity index (χ3n) is 7.02. The van der Waals surface area contributed by atoms with E-state index in [9.17, 15) is 9.59 Å². The Morgan fingerprint density at radius 3 is 2.17 bits per heavy atom. The molecule has 1 aliphatic heterocycles. The summed E-state index contributed by atoms with van der Waals surface area (Å²) >= 11 is 2.65. The Kier molecular flexibility index (Phi) is 7.40. The highest BCUT2D eigenvalue weighted by Gasteiger charge is 2.35. The second-order valence-corrected chi connectivity index (χ2v) is 11.8. The van der Waals surface area contributed by atoms with E-state index in [2.05, 4.69) is 0 Å². The first kappa shape index (κ1) is 27.5. The van der Waals surface area contributed by atoms with Crippen molar-refractivity contribution in [3.05, 3.63) is 117 Å². The molecule has 210 valence electrons. The van der Waals surface area contributed by atoms with Crippen molar-refractivity contribution < 1.29 is 4.79 Å². The molecule has 1 aliphatic rings. The van der Waals surface area contributed by atoms with Crippen LogP contribution in [0.2, 0.25) is 0 Å². The Morgan fingerprint density at radius 1 is 0.881 bits per heavy atom. The minimum absolute atomic E-state index is 0.146. The van der Waals surface area contributed by atoms with E-state index < -0.39 is 0 Å². The average molecular weight is 593 g/mol. The summed E-state index contributed by atoms with van der Waals surface area (Å²) in [5, 5.41) is 2.82. The van der Waals surface area contributed by atoms with E-state index in [1.54, 1.807) is 9.58 Å². The van der Waals surface area contributed by atoms with Gasteiger partial charge in [-0.25, -0.2) is 9.67 Å². The van der Waals surface area contributed by atoms with E-state index in [1.165, 1.54) is 23.1 Å². The van der Waals surface area contributed by atoms with Gasteiger partial charge >= 0.3 is 0 Å². The highest BCUT2D eigenvalue weighted by Crippen LogP contribution is 2.38. The highest BCUT2D eigenvalue weighted by molar-refractivity contribution is 8.19. The van der Waals surface area contributed by atoms with Crippen molar-refractivity contribution in [2.45, 2.75) is 6.92 Å². The van der Waals surface area contributed by atoms with Crippen LogP contribution in [0.25, 0.3) is 23.0 Å². The standard InChI is InChI=1S/C32H28N6O2S2/c1-21-28(30(40)38(36(21)4)25-13-9-6-10-14-25)26-20-41-31(33-26)34-32-37(24-11-7-5-8-12-24)29(39)27(42-32)19-22-15-17-23(18-16-22)35(2)3/h5-20H,1-4H3/b27-19-,34-32-. The summed E-state index contributed by atoms with van der Waals surface area (Å²) in [6.07, 6.45) is 1.89. The summed E-state index contributed by atoms with van der Waals surface area (Å²) in [4.78, 5) is 40.9. The van der Waals surface area contributed by atoms with Crippen molar-refractivity contribution >= 4 is 56.8 Å². The number of carbonyl (C=O) groups is 1. The topological polar surface area (TPSA) is 75.7 Å². The van der Waals surface area contributed by atoms with E-state index in [1.807, 2.05) is 134 Å². The fraction of sp³-hybridized carbons (Fsp3) is 0.125. The van der Waals surface area contributed by atoms with E-state index in [0.29, 0.717) is 26.5 Å². The minimum Gasteiger partial charge on any atom is -0.378 e. The molecule has 42 heavy (non-hydrogen) atoms. The zero-order valence-electron chi connectivity index (χ0n) is 23.6. The lowest BCUT2D eigenvalue weighted by Gasteiger charge is -2.15. The summed E-state index contributed by atoms with van der Waals surface area (Å²) in [5.74, 6) is -0.150. The number of thioether (sulfide) groups is 1. The molecular formula is C32H28N6O2S2. The Bertz CT molecular complexity index is 1880. The molecule has 5 aromatic rings. The zero-order valence-corrected chi connectivity index (χ0v) is 25.2. The van der Waals surface area contributed by atoms with Crippen LogP contribution in [0.5, 0.6) is 0 Å².